The van der Waals surface area contributed by atoms with Gasteiger partial charge in [0.1, 0.15) is 5.76 Å². The van der Waals surface area contributed by atoms with Crippen LogP contribution < -0.4 is 5.32 Å². The highest BCUT2D eigenvalue weighted by atomic mass is 16.5. The molecule has 2 aliphatic rings. The Morgan fingerprint density at radius 1 is 1.23 bits per heavy atom. The molecular weight excluding hydrogens is 330 g/mol. The summed E-state index contributed by atoms with van der Waals surface area (Å²) in [5.41, 5.74) is 1.96. The third-order valence-electron chi connectivity index (χ3n) is 6.01. The monoisotopic (exact) mass is 361 g/mol. The van der Waals surface area contributed by atoms with Crippen LogP contribution in [0.25, 0.3) is 0 Å². The number of likely N-dealkylation sites (tertiary alicyclic amines) is 1. The maximum atomic E-state index is 12.4. The van der Waals surface area contributed by atoms with E-state index in [0.717, 1.165) is 42.2 Å². The summed E-state index contributed by atoms with van der Waals surface area (Å²) in [6.45, 7) is 5.67. The van der Waals surface area contributed by atoms with Crippen molar-refractivity contribution in [2.75, 3.05) is 19.6 Å². The molecule has 0 radical (unpaired) electrons. The van der Waals surface area contributed by atoms with Crippen molar-refractivity contribution in [3.8, 4) is 0 Å². The van der Waals surface area contributed by atoms with E-state index >= 15 is 0 Å². The lowest BCUT2D eigenvalue weighted by atomic mass is 10.0. The van der Waals surface area contributed by atoms with Crippen LogP contribution in [-0.2, 0) is 16.0 Å². The molecule has 26 heavy (non-hydrogen) atoms. The highest BCUT2D eigenvalue weighted by molar-refractivity contribution is 5.82. The zero-order valence-corrected chi connectivity index (χ0v) is 16.1. The van der Waals surface area contributed by atoms with Crippen LogP contribution in [0.1, 0.15) is 62.0 Å². The normalized spacial score (nSPS) is 20.7. The van der Waals surface area contributed by atoms with E-state index in [1.165, 1.54) is 25.7 Å². The summed E-state index contributed by atoms with van der Waals surface area (Å²) in [6, 6.07) is 0. The average Bonchev–Trinajstić information content (AvgIpc) is 3.37. The second kappa shape index (κ2) is 8.69. The van der Waals surface area contributed by atoms with Gasteiger partial charge in [-0.15, -0.1) is 0 Å². The van der Waals surface area contributed by atoms with Crippen LogP contribution in [0, 0.1) is 25.7 Å². The van der Waals surface area contributed by atoms with Crippen LogP contribution in [0.15, 0.2) is 4.52 Å². The van der Waals surface area contributed by atoms with Gasteiger partial charge in [-0.3, -0.25) is 9.59 Å². The summed E-state index contributed by atoms with van der Waals surface area (Å²) in [4.78, 5) is 26.7. The fraction of sp³-hybridized carbons (Fsp3) is 0.750. The molecule has 6 heteroatoms. The number of aromatic nitrogens is 1. The Bertz CT molecular complexity index is 615. The summed E-state index contributed by atoms with van der Waals surface area (Å²) < 4.78 is 5.15. The molecule has 1 saturated heterocycles. The Morgan fingerprint density at radius 3 is 2.69 bits per heavy atom. The first kappa shape index (κ1) is 18.9. The van der Waals surface area contributed by atoms with Crippen LogP contribution in [0.4, 0.5) is 0 Å². The van der Waals surface area contributed by atoms with Gasteiger partial charge in [-0.1, -0.05) is 30.8 Å². The summed E-state index contributed by atoms with van der Waals surface area (Å²) in [6.07, 6.45) is 8.36. The van der Waals surface area contributed by atoms with Crippen LogP contribution in [-0.4, -0.2) is 41.5 Å². The summed E-state index contributed by atoms with van der Waals surface area (Å²) in [7, 11) is 0. The van der Waals surface area contributed by atoms with Gasteiger partial charge in [0.25, 0.3) is 0 Å². The second-order valence-corrected chi connectivity index (χ2v) is 7.86. The number of nitrogens with zero attached hydrogens (tertiary/aromatic N) is 2. The Kier molecular flexibility index (Phi) is 6.33. The Balaban J connectivity index is 1.37. The molecule has 1 aromatic heterocycles. The molecule has 2 heterocycles. The first-order chi connectivity index (χ1) is 12.5. The number of aryl methyl sites for hydroxylation is 2. The van der Waals surface area contributed by atoms with Gasteiger partial charge in [0.15, 0.2) is 0 Å². The SMILES string of the molecule is Cc1noc(C)c1CCNC(=O)[C@H]1CCN(C(=O)CCC2CCCC2)C1. The first-order valence-corrected chi connectivity index (χ1v) is 10.0. The smallest absolute Gasteiger partial charge is 0.224 e. The lowest BCUT2D eigenvalue weighted by Crippen LogP contribution is -2.35. The number of carbonyl (C=O) groups excluding carboxylic acids is 2. The fourth-order valence-corrected chi connectivity index (χ4v) is 4.30. The molecule has 1 aromatic rings. The van der Waals surface area contributed by atoms with E-state index in [1.807, 2.05) is 18.7 Å². The lowest BCUT2D eigenvalue weighted by Gasteiger charge is -2.17. The molecule has 3 rings (SSSR count). The summed E-state index contributed by atoms with van der Waals surface area (Å²) in [5.74, 6) is 1.77. The Hall–Kier alpha value is -1.85. The van der Waals surface area contributed by atoms with Crippen molar-refractivity contribution in [1.29, 1.82) is 0 Å². The van der Waals surface area contributed by atoms with Gasteiger partial charge in [0, 0.05) is 31.6 Å². The third-order valence-corrected chi connectivity index (χ3v) is 6.01. The molecule has 1 N–H and O–H groups in total. The van der Waals surface area contributed by atoms with Crippen LogP contribution >= 0.6 is 0 Å². The molecule has 1 saturated carbocycles. The minimum atomic E-state index is -0.0740. The molecule has 144 valence electrons. The number of rotatable bonds is 7. The minimum Gasteiger partial charge on any atom is -0.361 e. The van der Waals surface area contributed by atoms with E-state index in [9.17, 15) is 9.59 Å². The van der Waals surface area contributed by atoms with E-state index in [2.05, 4.69) is 10.5 Å². The van der Waals surface area contributed by atoms with Crippen molar-refractivity contribution in [2.24, 2.45) is 11.8 Å². The van der Waals surface area contributed by atoms with Crippen LogP contribution in [0.2, 0.25) is 0 Å². The van der Waals surface area contributed by atoms with Crippen molar-refractivity contribution in [3.05, 3.63) is 17.0 Å². The van der Waals surface area contributed by atoms with Crippen molar-refractivity contribution < 1.29 is 14.1 Å². The highest BCUT2D eigenvalue weighted by Gasteiger charge is 2.31. The van der Waals surface area contributed by atoms with Gasteiger partial charge in [-0.05, 0) is 39.0 Å². The molecule has 1 aliphatic heterocycles. The van der Waals surface area contributed by atoms with Crippen molar-refractivity contribution >= 4 is 11.8 Å². The zero-order chi connectivity index (χ0) is 18.5. The molecule has 6 nitrogen and oxygen atoms in total. The fourth-order valence-electron chi connectivity index (χ4n) is 4.30. The summed E-state index contributed by atoms with van der Waals surface area (Å²) in [5, 5.41) is 6.94. The third kappa shape index (κ3) is 4.65. The van der Waals surface area contributed by atoms with E-state index in [-0.39, 0.29) is 17.7 Å². The molecule has 0 aromatic carbocycles. The first-order valence-electron chi connectivity index (χ1n) is 10.0. The minimum absolute atomic E-state index is 0.0582. The Morgan fingerprint density at radius 2 is 2.00 bits per heavy atom. The average molecular weight is 361 g/mol. The number of carbonyl (C=O) groups is 2. The zero-order valence-electron chi connectivity index (χ0n) is 16.1. The van der Waals surface area contributed by atoms with E-state index in [0.29, 0.717) is 26.1 Å². The van der Waals surface area contributed by atoms with E-state index in [1.54, 1.807) is 0 Å². The number of amides is 2. The molecule has 2 amide bonds. The Labute approximate surface area is 155 Å². The second-order valence-electron chi connectivity index (χ2n) is 7.86. The predicted molar refractivity (Wildman–Crippen MR) is 98.6 cm³/mol. The topological polar surface area (TPSA) is 75.4 Å². The van der Waals surface area contributed by atoms with Gasteiger partial charge in [-0.25, -0.2) is 0 Å². The molecule has 0 bridgehead atoms. The van der Waals surface area contributed by atoms with Crippen LogP contribution in [0.5, 0.6) is 0 Å². The molecule has 2 fully saturated rings. The highest BCUT2D eigenvalue weighted by Crippen LogP contribution is 2.29. The quantitative estimate of drug-likeness (QED) is 0.810. The molecular formula is C20H31N3O3. The number of nitrogens with one attached hydrogen (secondary N) is 1. The van der Waals surface area contributed by atoms with Crippen molar-refractivity contribution in [3.63, 3.8) is 0 Å². The van der Waals surface area contributed by atoms with Gasteiger partial charge in [-0.2, -0.15) is 0 Å². The number of hydrogen-bond donors (Lipinski definition) is 1. The van der Waals surface area contributed by atoms with Gasteiger partial charge in [0.05, 0.1) is 11.6 Å². The van der Waals surface area contributed by atoms with Crippen LogP contribution in [0.3, 0.4) is 0 Å². The number of hydrogen-bond acceptors (Lipinski definition) is 4. The van der Waals surface area contributed by atoms with Crippen molar-refractivity contribution in [2.45, 2.75) is 65.2 Å². The van der Waals surface area contributed by atoms with E-state index < -0.39 is 0 Å². The molecule has 0 unspecified atom stereocenters. The molecule has 0 spiro atoms. The van der Waals surface area contributed by atoms with Gasteiger partial charge in [0.2, 0.25) is 11.8 Å². The lowest BCUT2D eigenvalue weighted by molar-refractivity contribution is -0.131. The van der Waals surface area contributed by atoms with E-state index in [4.69, 9.17) is 4.52 Å². The van der Waals surface area contributed by atoms with Gasteiger partial charge < -0.3 is 14.7 Å². The largest absolute Gasteiger partial charge is 0.361 e. The molecule has 1 aliphatic carbocycles. The standard InChI is InChI=1S/C20H31N3O3/c1-14-18(15(2)26-22-14)9-11-21-20(25)17-10-12-23(13-17)19(24)8-7-16-5-3-4-6-16/h16-17H,3-13H2,1-2H3,(H,21,25)/t17-/m0/s1. The van der Waals surface area contributed by atoms with Gasteiger partial charge >= 0.3 is 0 Å². The van der Waals surface area contributed by atoms with Crippen molar-refractivity contribution in [1.82, 2.24) is 15.4 Å². The maximum absolute atomic E-state index is 12.4. The predicted octanol–water partition coefficient (Wildman–Crippen LogP) is 2.77. The summed E-state index contributed by atoms with van der Waals surface area (Å²) >= 11 is 0. The molecule has 1 atom stereocenters. The maximum Gasteiger partial charge on any atom is 0.224 e.